The van der Waals surface area contributed by atoms with E-state index in [1.54, 1.807) is 48.2 Å². The number of Topliss-reactive ketones (excluding diaryl/α,β-unsaturated/α-hetero) is 1. The number of fused-ring (bicyclic) bond motifs is 3. The second-order valence-electron chi connectivity index (χ2n) is 5.91. The van der Waals surface area contributed by atoms with E-state index in [2.05, 4.69) is 10.5 Å². The van der Waals surface area contributed by atoms with Crippen molar-refractivity contribution in [3.05, 3.63) is 65.9 Å². The summed E-state index contributed by atoms with van der Waals surface area (Å²) in [5.41, 5.74) is 2.04. The molecule has 6 nitrogen and oxygen atoms in total. The first-order chi connectivity index (χ1) is 13.2. The highest BCUT2D eigenvalue weighted by Crippen LogP contribution is 2.42. The average Bonchev–Trinajstić information content (AvgIpc) is 3.14. The third-order valence-electron chi connectivity index (χ3n) is 4.22. The second-order valence-corrected chi connectivity index (χ2v) is 6.92. The summed E-state index contributed by atoms with van der Waals surface area (Å²) < 4.78 is 5.40. The van der Waals surface area contributed by atoms with Gasteiger partial charge in [-0.05, 0) is 24.3 Å². The van der Waals surface area contributed by atoms with Gasteiger partial charge in [0.2, 0.25) is 11.7 Å². The van der Waals surface area contributed by atoms with Crippen LogP contribution in [0.4, 0.5) is 5.69 Å². The van der Waals surface area contributed by atoms with Gasteiger partial charge in [0.15, 0.2) is 17.4 Å². The van der Waals surface area contributed by atoms with Gasteiger partial charge in [-0.3, -0.25) is 9.59 Å². The molecule has 1 unspecified atom stereocenters. The number of ketones is 1. The van der Waals surface area contributed by atoms with Gasteiger partial charge < -0.3 is 9.84 Å². The Labute approximate surface area is 159 Å². The van der Waals surface area contributed by atoms with Crippen molar-refractivity contribution in [2.45, 2.75) is 10.6 Å². The first-order valence-corrected chi connectivity index (χ1v) is 9.18. The van der Waals surface area contributed by atoms with Crippen LogP contribution in [0.5, 0.6) is 0 Å². The van der Waals surface area contributed by atoms with E-state index in [9.17, 15) is 14.9 Å². The Morgan fingerprint density at radius 2 is 1.89 bits per heavy atom. The standard InChI is InChI=1S/C20H13N3O3S/c21-10-14(20(25)22-12-6-2-1-3-7-12)18(24)17-15-11-27-16-9-5-4-8-13(16)19(15)26-23-17/h1-9,14H,11H2,(H,22,25). The Bertz CT molecular complexity index is 1070. The first-order valence-electron chi connectivity index (χ1n) is 8.19. The third-order valence-corrected chi connectivity index (χ3v) is 5.32. The van der Waals surface area contributed by atoms with Crippen LogP contribution in [-0.4, -0.2) is 16.8 Å². The molecule has 2 heterocycles. The van der Waals surface area contributed by atoms with Gasteiger partial charge in [0.1, 0.15) is 0 Å². The molecule has 1 N–H and O–H groups in total. The van der Waals surface area contributed by atoms with Crippen LogP contribution in [0.2, 0.25) is 0 Å². The number of rotatable bonds is 4. The molecular weight excluding hydrogens is 362 g/mol. The van der Waals surface area contributed by atoms with Crippen LogP contribution in [0.1, 0.15) is 16.1 Å². The lowest BCUT2D eigenvalue weighted by atomic mass is 9.97. The van der Waals surface area contributed by atoms with E-state index >= 15 is 0 Å². The van der Waals surface area contributed by atoms with Gasteiger partial charge in [0.25, 0.3) is 0 Å². The van der Waals surface area contributed by atoms with Gasteiger partial charge in [-0.15, -0.1) is 11.8 Å². The van der Waals surface area contributed by atoms with Crippen molar-refractivity contribution in [3.8, 4) is 17.4 Å². The number of nitriles is 1. The molecule has 0 spiro atoms. The highest BCUT2D eigenvalue weighted by Gasteiger charge is 2.35. The van der Waals surface area contributed by atoms with Crippen molar-refractivity contribution >= 4 is 29.1 Å². The third kappa shape index (κ3) is 3.11. The number of nitrogens with one attached hydrogen (secondary N) is 1. The molecule has 0 saturated carbocycles. The van der Waals surface area contributed by atoms with E-state index in [1.165, 1.54) is 0 Å². The Morgan fingerprint density at radius 3 is 2.67 bits per heavy atom. The molecule has 1 aromatic heterocycles. The number of para-hydroxylation sites is 1. The minimum Gasteiger partial charge on any atom is -0.355 e. The Morgan fingerprint density at radius 1 is 1.15 bits per heavy atom. The molecule has 1 aliphatic heterocycles. The van der Waals surface area contributed by atoms with Crippen LogP contribution in [0.3, 0.4) is 0 Å². The lowest BCUT2D eigenvalue weighted by molar-refractivity contribution is -0.117. The zero-order valence-electron chi connectivity index (χ0n) is 14.0. The van der Waals surface area contributed by atoms with Crippen LogP contribution in [0, 0.1) is 17.2 Å². The largest absolute Gasteiger partial charge is 0.355 e. The highest BCUT2D eigenvalue weighted by atomic mass is 32.2. The number of anilines is 1. The summed E-state index contributed by atoms with van der Waals surface area (Å²) >= 11 is 1.56. The van der Waals surface area contributed by atoms with E-state index in [-0.39, 0.29) is 5.69 Å². The molecule has 27 heavy (non-hydrogen) atoms. The summed E-state index contributed by atoms with van der Waals surface area (Å²) in [4.78, 5) is 26.3. The van der Waals surface area contributed by atoms with Gasteiger partial charge in [-0.2, -0.15) is 5.26 Å². The van der Waals surface area contributed by atoms with Crippen LogP contribution < -0.4 is 5.32 Å². The van der Waals surface area contributed by atoms with E-state index < -0.39 is 17.6 Å². The number of benzene rings is 2. The predicted molar refractivity (Wildman–Crippen MR) is 100 cm³/mol. The lowest BCUT2D eigenvalue weighted by Gasteiger charge is -2.14. The molecule has 0 bridgehead atoms. The Kier molecular flexibility index (Phi) is 4.48. The van der Waals surface area contributed by atoms with Crippen LogP contribution in [0.25, 0.3) is 11.3 Å². The minimum absolute atomic E-state index is 0.0433. The zero-order valence-corrected chi connectivity index (χ0v) is 14.8. The second kappa shape index (κ2) is 7.09. The van der Waals surface area contributed by atoms with Crippen molar-refractivity contribution < 1.29 is 14.1 Å². The minimum atomic E-state index is -1.50. The van der Waals surface area contributed by atoms with Crippen LogP contribution in [0.15, 0.2) is 64.0 Å². The summed E-state index contributed by atoms with van der Waals surface area (Å²) in [6, 6.07) is 18.1. The van der Waals surface area contributed by atoms with E-state index in [4.69, 9.17) is 4.52 Å². The highest BCUT2D eigenvalue weighted by molar-refractivity contribution is 7.98. The fourth-order valence-electron chi connectivity index (χ4n) is 2.89. The maximum Gasteiger partial charge on any atom is 0.249 e. The van der Waals surface area contributed by atoms with Crippen LogP contribution in [-0.2, 0) is 10.5 Å². The molecule has 1 aliphatic rings. The summed E-state index contributed by atoms with van der Waals surface area (Å²) in [5.74, 6) is -1.82. The van der Waals surface area contributed by atoms with Gasteiger partial charge in [-0.1, -0.05) is 35.5 Å². The number of carbonyl (C=O) groups excluding carboxylic acids is 2. The fourth-order valence-corrected chi connectivity index (χ4v) is 3.95. The van der Waals surface area contributed by atoms with Gasteiger partial charge in [0, 0.05) is 27.5 Å². The molecule has 0 radical (unpaired) electrons. The molecule has 3 aromatic rings. The lowest BCUT2D eigenvalue weighted by Crippen LogP contribution is -2.29. The summed E-state index contributed by atoms with van der Waals surface area (Å²) in [6.45, 7) is 0. The number of nitrogens with zero attached hydrogens (tertiary/aromatic N) is 2. The average molecular weight is 375 g/mol. The molecule has 0 fully saturated rings. The number of hydrogen-bond donors (Lipinski definition) is 1. The van der Waals surface area contributed by atoms with Gasteiger partial charge >= 0.3 is 0 Å². The molecular formula is C20H13N3O3S. The number of thioether (sulfide) groups is 1. The van der Waals surface area contributed by atoms with E-state index in [0.29, 0.717) is 22.8 Å². The topological polar surface area (TPSA) is 96.0 Å². The van der Waals surface area contributed by atoms with Crippen LogP contribution >= 0.6 is 11.8 Å². The normalized spacial score (nSPS) is 13.0. The van der Waals surface area contributed by atoms with Crippen molar-refractivity contribution in [2.75, 3.05) is 5.32 Å². The van der Waals surface area contributed by atoms with E-state index in [0.717, 1.165) is 10.5 Å². The van der Waals surface area contributed by atoms with Crippen molar-refractivity contribution in [2.24, 2.45) is 5.92 Å². The smallest absolute Gasteiger partial charge is 0.249 e. The summed E-state index contributed by atoms with van der Waals surface area (Å²) in [7, 11) is 0. The zero-order chi connectivity index (χ0) is 18.8. The number of amides is 1. The quantitative estimate of drug-likeness (QED) is 0.549. The molecule has 4 rings (SSSR count). The molecule has 0 aliphatic carbocycles. The van der Waals surface area contributed by atoms with E-state index in [1.807, 2.05) is 24.3 Å². The number of carbonyl (C=O) groups is 2. The Balaban J connectivity index is 1.62. The maximum absolute atomic E-state index is 12.8. The van der Waals surface area contributed by atoms with Crippen molar-refractivity contribution in [1.29, 1.82) is 5.26 Å². The summed E-state index contributed by atoms with van der Waals surface area (Å²) in [5, 5.41) is 15.9. The van der Waals surface area contributed by atoms with Gasteiger partial charge in [-0.25, -0.2) is 0 Å². The molecule has 1 amide bonds. The summed E-state index contributed by atoms with van der Waals surface area (Å²) in [6.07, 6.45) is 0. The molecule has 2 aromatic carbocycles. The molecule has 1 atom stereocenters. The first kappa shape index (κ1) is 17.1. The molecule has 7 heteroatoms. The number of hydrogen-bond acceptors (Lipinski definition) is 6. The maximum atomic E-state index is 12.8. The predicted octanol–water partition coefficient (Wildman–Crippen LogP) is 3.91. The fraction of sp³-hybridized carbons (Fsp3) is 0.100. The Hall–Kier alpha value is -3.37. The SMILES string of the molecule is N#CC(C(=O)Nc1ccccc1)C(=O)c1noc2c1CSc1ccccc1-2. The number of aromatic nitrogens is 1. The monoisotopic (exact) mass is 375 g/mol. The molecule has 0 saturated heterocycles. The molecule has 132 valence electrons. The van der Waals surface area contributed by atoms with Gasteiger partial charge in [0.05, 0.1) is 6.07 Å². The van der Waals surface area contributed by atoms with Crippen molar-refractivity contribution in [3.63, 3.8) is 0 Å². The van der Waals surface area contributed by atoms with Crippen molar-refractivity contribution in [1.82, 2.24) is 5.16 Å².